The van der Waals surface area contributed by atoms with Crippen LogP contribution in [0.15, 0.2) is 28.7 Å². The highest BCUT2D eigenvalue weighted by Gasteiger charge is 2.18. The molecule has 170 valence electrons. The van der Waals surface area contributed by atoms with Crippen molar-refractivity contribution in [1.29, 1.82) is 0 Å². The summed E-state index contributed by atoms with van der Waals surface area (Å²) in [6.07, 6.45) is 0.295. The molecule has 0 unspecified atom stereocenters. The van der Waals surface area contributed by atoms with E-state index in [1.54, 1.807) is 25.3 Å². The Kier molecular flexibility index (Phi) is 7.12. The van der Waals surface area contributed by atoms with Crippen LogP contribution in [0.1, 0.15) is 50.0 Å². The van der Waals surface area contributed by atoms with Crippen molar-refractivity contribution in [3.8, 4) is 0 Å². The molecule has 10 heteroatoms. The molecule has 2 heterocycles. The molecule has 0 aliphatic heterocycles. The van der Waals surface area contributed by atoms with E-state index >= 15 is 0 Å². The van der Waals surface area contributed by atoms with Crippen molar-refractivity contribution in [1.82, 2.24) is 24.9 Å². The van der Waals surface area contributed by atoms with Crippen molar-refractivity contribution < 1.29 is 14.3 Å². The number of aryl methyl sites for hydroxylation is 2. The first-order chi connectivity index (χ1) is 15.0. The molecule has 2 amide bonds. The topological polar surface area (TPSA) is 111 Å². The summed E-state index contributed by atoms with van der Waals surface area (Å²) in [5.41, 5.74) is 2.76. The molecule has 0 spiro atoms. The summed E-state index contributed by atoms with van der Waals surface area (Å²) in [6.45, 7) is 9.33. The number of fused-ring (bicyclic) bond motifs is 1. The van der Waals surface area contributed by atoms with Crippen LogP contribution in [0.2, 0.25) is 0 Å². The second-order valence-electron chi connectivity index (χ2n) is 8.41. The van der Waals surface area contributed by atoms with Crippen LogP contribution in [0.3, 0.4) is 0 Å². The van der Waals surface area contributed by atoms with Gasteiger partial charge in [0, 0.05) is 28.0 Å². The van der Waals surface area contributed by atoms with Gasteiger partial charge in [0.1, 0.15) is 5.60 Å². The molecule has 0 aliphatic carbocycles. The summed E-state index contributed by atoms with van der Waals surface area (Å²) in [5.74, 6) is 0.793. The van der Waals surface area contributed by atoms with Gasteiger partial charge in [0.15, 0.2) is 5.82 Å². The van der Waals surface area contributed by atoms with Crippen LogP contribution in [0.25, 0.3) is 5.78 Å². The van der Waals surface area contributed by atoms with Crippen molar-refractivity contribution in [3.63, 3.8) is 0 Å². The van der Waals surface area contributed by atoms with Crippen molar-refractivity contribution in [2.45, 2.75) is 59.6 Å². The number of hydrogen-bond acceptors (Lipinski definition) is 6. The third-order valence-electron chi connectivity index (χ3n) is 4.59. The molecule has 9 nitrogen and oxygen atoms in total. The minimum absolute atomic E-state index is 0.0807. The van der Waals surface area contributed by atoms with Crippen LogP contribution in [-0.4, -0.2) is 37.2 Å². The predicted octanol–water partition coefficient (Wildman–Crippen LogP) is 4.10. The van der Waals surface area contributed by atoms with Gasteiger partial charge in [-0.15, -0.1) is 5.10 Å². The average Bonchev–Trinajstić information content (AvgIpc) is 3.08. The van der Waals surface area contributed by atoms with Crippen LogP contribution in [0, 0.1) is 13.8 Å². The molecule has 0 atom stereocenters. The number of carbonyl (C=O) groups excluding carboxylic acids is 2. The van der Waals surface area contributed by atoms with Crippen LogP contribution in [0.4, 0.5) is 10.5 Å². The van der Waals surface area contributed by atoms with Crippen molar-refractivity contribution >= 4 is 39.4 Å². The SMILES string of the molecule is Cc1nc2nc(CNC(=O)OC(C)(C)C)nn2c(C)c1CCC(=O)Nc1cccc(Br)c1. The zero-order valence-electron chi connectivity index (χ0n) is 18.8. The third kappa shape index (κ3) is 6.25. The molecular formula is C22H27BrN6O3. The van der Waals surface area contributed by atoms with Crippen molar-refractivity contribution in [2.24, 2.45) is 0 Å². The number of nitrogens with one attached hydrogen (secondary N) is 2. The Morgan fingerprint density at radius 1 is 1.19 bits per heavy atom. The van der Waals surface area contributed by atoms with Crippen LogP contribution in [-0.2, 0) is 22.5 Å². The molecule has 1 aromatic carbocycles. The van der Waals surface area contributed by atoms with E-state index < -0.39 is 11.7 Å². The third-order valence-corrected chi connectivity index (χ3v) is 5.09. The van der Waals surface area contributed by atoms with Crippen LogP contribution in [0.5, 0.6) is 0 Å². The lowest BCUT2D eigenvalue weighted by Gasteiger charge is -2.19. The number of ether oxygens (including phenoxy) is 1. The standard InChI is InChI=1S/C22H27BrN6O3/c1-13-17(9-10-19(30)26-16-8-6-7-15(23)11-16)14(2)29-20(25-13)27-18(28-29)12-24-21(31)32-22(3,4)5/h6-8,11H,9-10,12H2,1-5H3,(H,24,31)(H,26,30). The van der Waals surface area contributed by atoms with E-state index in [1.807, 2.05) is 38.1 Å². The number of aromatic nitrogens is 4. The summed E-state index contributed by atoms with van der Waals surface area (Å²) in [6, 6.07) is 7.46. The number of amides is 2. The Bertz CT molecular complexity index is 1150. The molecule has 0 fully saturated rings. The molecular weight excluding hydrogens is 476 g/mol. The maximum atomic E-state index is 12.4. The lowest BCUT2D eigenvalue weighted by Crippen LogP contribution is -2.32. The van der Waals surface area contributed by atoms with Gasteiger partial charge in [-0.1, -0.05) is 22.0 Å². The number of anilines is 1. The Morgan fingerprint density at radius 3 is 2.62 bits per heavy atom. The van der Waals surface area contributed by atoms with E-state index in [9.17, 15) is 9.59 Å². The van der Waals surface area contributed by atoms with Gasteiger partial charge >= 0.3 is 6.09 Å². The second-order valence-corrected chi connectivity index (χ2v) is 9.33. The van der Waals surface area contributed by atoms with E-state index in [-0.39, 0.29) is 12.5 Å². The van der Waals surface area contributed by atoms with Gasteiger partial charge in [-0.25, -0.2) is 14.3 Å². The smallest absolute Gasteiger partial charge is 0.408 e. The molecule has 0 saturated carbocycles. The van der Waals surface area contributed by atoms with E-state index in [2.05, 4.69) is 41.6 Å². The molecule has 2 aromatic heterocycles. The normalized spacial score (nSPS) is 11.4. The van der Waals surface area contributed by atoms with Gasteiger partial charge in [0.2, 0.25) is 5.91 Å². The summed E-state index contributed by atoms with van der Waals surface area (Å²) in [5, 5.41) is 10.0. The Balaban J connectivity index is 1.67. The van der Waals surface area contributed by atoms with Crippen LogP contribution < -0.4 is 10.6 Å². The van der Waals surface area contributed by atoms with E-state index in [4.69, 9.17) is 4.74 Å². The Hall–Kier alpha value is -3.01. The lowest BCUT2D eigenvalue weighted by molar-refractivity contribution is -0.116. The summed E-state index contributed by atoms with van der Waals surface area (Å²) < 4.78 is 7.77. The molecule has 3 aromatic rings. The number of carbonyl (C=O) groups is 2. The first kappa shape index (κ1) is 23.6. The lowest BCUT2D eigenvalue weighted by atomic mass is 10.1. The van der Waals surface area contributed by atoms with E-state index in [0.29, 0.717) is 24.4 Å². The predicted molar refractivity (Wildman–Crippen MR) is 124 cm³/mol. The molecule has 3 rings (SSSR count). The van der Waals surface area contributed by atoms with Gasteiger partial charge in [-0.05, 0) is 64.8 Å². The largest absolute Gasteiger partial charge is 0.444 e. The zero-order valence-corrected chi connectivity index (χ0v) is 20.4. The Morgan fingerprint density at radius 2 is 1.94 bits per heavy atom. The fraction of sp³-hybridized carbons (Fsp3) is 0.409. The highest BCUT2D eigenvalue weighted by molar-refractivity contribution is 9.10. The van der Waals surface area contributed by atoms with Gasteiger partial charge in [0.05, 0.1) is 6.54 Å². The number of halogens is 1. The highest BCUT2D eigenvalue weighted by Crippen LogP contribution is 2.18. The van der Waals surface area contributed by atoms with Crippen molar-refractivity contribution in [2.75, 3.05) is 5.32 Å². The quantitative estimate of drug-likeness (QED) is 0.524. The Labute approximate surface area is 195 Å². The first-order valence-corrected chi connectivity index (χ1v) is 11.0. The maximum Gasteiger partial charge on any atom is 0.408 e. The van der Waals surface area contributed by atoms with E-state index in [1.165, 1.54) is 0 Å². The number of benzene rings is 1. The molecule has 0 aliphatic rings. The van der Waals surface area contributed by atoms with Gasteiger partial charge < -0.3 is 15.4 Å². The highest BCUT2D eigenvalue weighted by atomic mass is 79.9. The average molecular weight is 503 g/mol. The van der Waals surface area contributed by atoms with Crippen LogP contribution >= 0.6 is 15.9 Å². The van der Waals surface area contributed by atoms with Gasteiger partial charge in [0.25, 0.3) is 5.78 Å². The molecule has 32 heavy (non-hydrogen) atoms. The second kappa shape index (κ2) is 9.64. The number of rotatable bonds is 6. The minimum Gasteiger partial charge on any atom is -0.444 e. The van der Waals surface area contributed by atoms with Gasteiger partial charge in [-0.3, -0.25) is 4.79 Å². The first-order valence-electron chi connectivity index (χ1n) is 10.3. The van der Waals surface area contributed by atoms with Crippen molar-refractivity contribution in [3.05, 3.63) is 51.5 Å². The summed E-state index contributed by atoms with van der Waals surface area (Å²) >= 11 is 3.40. The van der Waals surface area contributed by atoms with Gasteiger partial charge in [-0.2, -0.15) is 4.98 Å². The minimum atomic E-state index is -0.579. The number of alkyl carbamates (subject to hydrolysis) is 1. The number of hydrogen-bond donors (Lipinski definition) is 2. The summed E-state index contributed by atoms with van der Waals surface area (Å²) in [4.78, 5) is 33.2. The molecule has 0 bridgehead atoms. The zero-order chi connectivity index (χ0) is 23.5. The molecule has 2 N–H and O–H groups in total. The molecule has 0 radical (unpaired) electrons. The fourth-order valence-corrected chi connectivity index (χ4v) is 3.58. The number of nitrogens with zero attached hydrogens (tertiary/aromatic N) is 4. The monoisotopic (exact) mass is 502 g/mol. The summed E-state index contributed by atoms with van der Waals surface area (Å²) in [7, 11) is 0. The van der Waals surface area contributed by atoms with E-state index in [0.717, 1.165) is 27.1 Å². The fourth-order valence-electron chi connectivity index (χ4n) is 3.18. The molecule has 0 saturated heterocycles. The maximum absolute atomic E-state index is 12.4.